The van der Waals surface area contributed by atoms with Crippen molar-refractivity contribution in [2.24, 2.45) is 0 Å². The number of hydrogen-bond acceptors (Lipinski definition) is 2. The third kappa shape index (κ3) is 2.31. The van der Waals surface area contributed by atoms with Crippen LogP contribution in [0.4, 0.5) is 15.8 Å². The number of aromatic nitrogens is 1. The first-order valence-electron chi connectivity index (χ1n) is 5.80. The molecule has 0 saturated heterocycles. The van der Waals surface area contributed by atoms with Crippen molar-refractivity contribution in [3.8, 4) is 0 Å². The van der Waals surface area contributed by atoms with Crippen molar-refractivity contribution in [2.75, 3.05) is 5.32 Å². The molecule has 3 aromatic rings. The number of nitrogens with zero attached hydrogens (tertiary/aromatic N) is 1. The Morgan fingerprint density at radius 1 is 0.947 bits per heavy atom. The van der Waals surface area contributed by atoms with Crippen LogP contribution in [0, 0.1) is 5.82 Å². The van der Waals surface area contributed by atoms with Gasteiger partial charge in [0, 0.05) is 21.7 Å². The summed E-state index contributed by atoms with van der Waals surface area (Å²) in [5.41, 5.74) is 2.13. The van der Waals surface area contributed by atoms with Gasteiger partial charge in [0.15, 0.2) is 0 Å². The number of fused-ring (bicyclic) bond motifs is 1. The van der Waals surface area contributed by atoms with Crippen molar-refractivity contribution in [1.29, 1.82) is 0 Å². The van der Waals surface area contributed by atoms with Crippen LogP contribution in [0.25, 0.3) is 10.9 Å². The van der Waals surface area contributed by atoms with Gasteiger partial charge < -0.3 is 5.32 Å². The van der Waals surface area contributed by atoms with Gasteiger partial charge in [-0.15, -0.1) is 0 Å². The number of para-hydroxylation sites is 2. The lowest BCUT2D eigenvalue weighted by Gasteiger charge is -2.11. The van der Waals surface area contributed by atoms with Crippen molar-refractivity contribution in [3.63, 3.8) is 0 Å². The summed E-state index contributed by atoms with van der Waals surface area (Å²) in [5, 5.41) is 4.05. The molecular weight excluding hydrogens is 307 g/mol. The molecule has 94 valence electrons. The summed E-state index contributed by atoms with van der Waals surface area (Å²) < 4.78 is 14.6. The Kier molecular flexibility index (Phi) is 3.17. The molecule has 2 nitrogen and oxygen atoms in total. The maximum Gasteiger partial charge on any atom is 0.149 e. The average molecular weight is 317 g/mol. The van der Waals surface area contributed by atoms with Gasteiger partial charge in [0.1, 0.15) is 11.3 Å². The SMILES string of the molecule is Fc1cccc2c(Nc3ccccc3Br)ccnc12. The molecule has 0 spiro atoms. The van der Waals surface area contributed by atoms with E-state index < -0.39 is 0 Å². The Balaban J connectivity index is 2.12. The van der Waals surface area contributed by atoms with Gasteiger partial charge in [-0.2, -0.15) is 0 Å². The highest BCUT2D eigenvalue weighted by molar-refractivity contribution is 9.10. The fraction of sp³-hybridized carbons (Fsp3) is 0. The van der Waals surface area contributed by atoms with E-state index in [1.165, 1.54) is 6.07 Å². The predicted molar refractivity (Wildman–Crippen MR) is 79.1 cm³/mol. The lowest BCUT2D eigenvalue weighted by molar-refractivity contribution is 0.637. The van der Waals surface area contributed by atoms with Gasteiger partial charge in [-0.3, -0.25) is 4.98 Å². The predicted octanol–water partition coefficient (Wildman–Crippen LogP) is 4.88. The second-order valence-electron chi connectivity index (χ2n) is 4.10. The normalized spacial score (nSPS) is 10.6. The van der Waals surface area contributed by atoms with Crippen molar-refractivity contribution < 1.29 is 4.39 Å². The van der Waals surface area contributed by atoms with E-state index in [2.05, 4.69) is 26.2 Å². The van der Waals surface area contributed by atoms with Crippen molar-refractivity contribution in [1.82, 2.24) is 4.98 Å². The minimum atomic E-state index is -0.312. The van der Waals surface area contributed by atoms with Crippen LogP contribution in [-0.4, -0.2) is 4.98 Å². The van der Waals surface area contributed by atoms with Gasteiger partial charge >= 0.3 is 0 Å². The highest BCUT2D eigenvalue weighted by Gasteiger charge is 2.07. The van der Waals surface area contributed by atoms with Crippen LogP contribution in [0.15, 0.2) is 59.2 Å². The highest BCUT2D eigenvalue weighted by atomic mass is 79.9. The van der Waals surface area contributed by atoms with Crippen LogP contribution >= 0.6 is 15.9 Å². The van der Waals surface area contributed by atoms with E-state index >= 15 is 0 Å². The molecule has 0 aliphatic rings. The average Bonchev–Trinajstić information content (AvgIpc) is 2.42. The zero-order valence-electron chi connectivity index (χ0n) is 9.90. The Labute approximate surface area is 118 Å². The van der Waals surface area contributed by atoms with Crippen molar-refractivity contribution in [2.45, 2.75) is 0 Å². The van der Waals surface area contributed by atoms with E-state index in [-0.39, 0.29) is 5.82 Å². The smallest absolute Gasteiger partial charge is 0.149 e. The van der Waals surface area contributed by atoms with Gasteiger partial charge in [0.25, 0.3) is 0 Å². The maximum absolute atomic E-state index is 13.7. The number of halogens is 2. The Bertz CT molecular complexity index is 743. The Hall–Kier alpha value is -1.94. The number of nitrogens with one attached hydrogen (secondary N) is 1. The second kappa shape index (κ2) is 4.97. The topological polar surface area (TPSA) is 24.9 Å². The maximum atomic E-state index is 13.7. The number of hydrogen-bond donors (Lipinski definition) is 1. The van der Waals surface area contributed by atoms with Gasteiger partial charge in [0.05, 0.1) is 5.69 Å². The summed E-state index contributed by atoms with van der Waals surface area (Å²) in [7, 11) is 0. The highest BCUT2D eigenvalue weighted by Crippen LogP contribution is 2.29. The van der Waals surface area contributed by atoms with Crippen LogP contribution < -0.4 is 5.32 Å². The molecule has 0 saturated carbocycles. The van der Waals surface area contributed by atoms with E-state index in [9.17, 15) is 4.39 Å². The molecule has 3 rings (SSSR count). The lowest BCUT2D eigenvalue weighted by atomic mass is 10.1. The fourth-order valence-electron chi connectivity index (χ4n) is 1.96. The number of anilines is 2. The third-order valence-corrected chi connectivity index (χ3v) is 3.56. The van der Waals surface area contributed by atoms with Gasteiger partial charge in [-0.1, -0.05) is 24.3 Å². The van der Waals surface area contributed by atoms with Crippen molar-refractivity contribution >= 4 is 38.2 Å². The molecule has 0 unspecified atom stereocenters. The number of benzene rings is 2. The van der Waals surface area contributed by atoms with Crippen LogP contribution in [0.3, 0.4) is 0 Å². The lowest BCUT2D eigenvalue weighted by Crippen LogP contribution is -1.94. The summed E-state index contributed by atoms with van der Waals surface area (Å²) >= 11 is 3.48. The van der Waals surface area contributed by atoms with Crippen LogP contribution in [-0.2, 0) is 0 Å². The van der Waals surface area contributed by atoms with E-state index in [4.69, 9.17) is 0 Å². The van der Waals surface area contributed by atoms with E-state index in [1.54, 1.807) is 12.3 Å². The molecule has 0 aliphatic carbocycles. The van der Waals surface area contributed by atoms with Crippen LogP contribution in [0.5, 0.6) is 0 Å². The first-order chi connectivity index (χ1) is 9.25. The molecule has 1 N–H and O–H groups in total. The minimum absolute atomic E-state index is 0.312. The summed E-state index contributed by atoms with van der Waals surface area (Å²) in [6.07, 6.45) is 1.60. The molecule has 0 fully saturated rings. The zero-order valence-corrected chi connectivity index (χ0v) is 11.5. The van der Waals surface area contributed by atoms with Gasteiger partial charge in [-0.05, 0) is 40.2 Å². The standard InChI is InChI=1S/C15H10BrFN2/c16-11-5-1-2-7-14(11)19-13-8-9-18-15-10(13)4-3-6-12(15)17/h1-9H,(H,18,19). The summed E-state index contributed by atoms with van der Waals surface area (Å²) in [5.74, 6) is -0.312. The van der Waals surface area contributed by atoms with Gasteiger partial charge in [-0.25, -0.2) is 4.39 Å². The quantitative estimate of drug-likeness (QED) is 0.728. The van der Waals surface area contributed by atoms with Crippen LogP contribution in [0.2, 0.25) is 0 Å². The molecule has 0 radical (unpaired) electrons. The molecular formula is C15H10BrFN2. The third-order valence-electron chi connectivity index (χ3n) is 2.86. The Morgan fingerprint density at radius 2 is 1.79 bits per heavy atom. The molecule has 0 amide bonds. The number of pyridine rings is 1. The van der Waals surface area contributed by atoms with E-state index in [0.717, 1.165) is 21.2 Å². The van der Waals surface area contributed by atoms with Crippen molar-refractivity contribution in [3.05, 3.63) is 65.0 Å². The first kappa shape index (κ1) is 12.1. The fourth-order valence-corrected chi connectivity index (χ4v) is 2.34. The number of rotatable bonds is 2. The summed E-state index contributed by atoms with van der Waals surface area (Å²) in [4.78, 5) is 4.08. The Morgan fingerprint density at radius 3 is 2.63 bits per heavy atom. The first-order valence-corrected chi connectivity index (χ1v) is 6.60. The molecule has 0 bridgehead atoms. The van der Waals surface area contributed by atoms with Crippen LogP contribution in [0.1, 0.15) is 0 Å². The van der Waals surface area contributed by atoms with E-state index in [0.29, 0.717) is 5.52 Å². The van der Waals surface area contributed by atoms with Gasteiger partial charge in [0.2, 0.25) is 0 Å². The monoisotopic (exact) mass is 316 g/mol. The molecule has 19 heavy (non-hydrogen) atoms. The molecule has 2 aromatic carbocycles. The minimum Gasteiger partial charge on any atom is -0.354 e. The molecule has 4 heteroatoms. The summed E-state index contributed by atoms with van der Waals surface area (Å²) in [6, 6.07) is 14.6. The zero-order chi connectivity index (χ0) is 13.2. The second-order valence-corrected chi connectivity index (χ2v) is 4.95. The molecule has 0 atom stereocenters. The molecule has 0 aliphatic heterocycles. The largest absolute Gasteiger partial charge is 0.354 e. The molecule has 1 aromatic heterocycles. The van der Waals surface area contributed by atoms with E-state index in [1.807, 2.05) is 36.4 Å². The molecule has 1 heterocycles. The summed E-state index contributed by atoms with van der Waals surface area (Å²) in [6.45, 7) is 0.